The summed E-state index contributed by atoms with van der Waals surface area (Å²) in [5.41, 5.74) is 0.389. The molecule has 30 heavy (non-hydrogen) atoms. The van der Waals surface area contributed by atoms with Crippen molar-refractivity contribution in [2.24, 2.45) is 0 Å². The van der Waals surface area contributed by atoms with Gasteiger partial charge in [0, 0.05) is 32.1 Å². The number of likely N-dealkylation sites (tertiary alicyclic amines) is 1. The first kappa shape index (κ1) is 20.9. The lowest BCUT2D eigenvalue weighted by Crippen LogP contribution is -2.38. The van der Waals surface area contributed by atoms with Gasteiger partial charge >= 0.3 is 0 Å². The Morgan fingerprint density at radius 1 is 1.10 bits per heavy atom. The van der Waals surface area contributed by atoms with Crippen molar-refractivity contribution < 1.29 is 22.4 Å². The fourth-order valence-electron chi connectivity index (χ4n) is 4.10. The molecule has 0 spiro atoms. The molecule has 0 saturated carbocycles. The van der Waals surface area contributed by atoms with Crippen molar-refractivity contribution in [3.8, 4) is 5.75 Å². The Hall–Kier alpha value is -2.39. The number of methoxy groups -OCH3 is 1. The Kier molecular flexibility index (Phi) is 5.84. The summed E-state index contributed by atoms with van der Waals surface area (Å²) in [5, 5.41) is 0. The van der Waals surface area contributed by atoms with Gasteiger partial charge < -0.3 is 14.1 Å². The first-order valence-electron chi connectivity index (χ1n) is 10.3. The average Bonchev–Trinajstić information content (AvgIpc) is 3.43. The smallest absolute Gasteiger partial charge is 0.276 e. The lowest BCUT2D eigenvalue weighted by atomic mass is 9.98. The number of nitrogens with zero attached hydrogens (tertiary/aromatic N) is 3. The van der Waals surface area contributed by atoms with Crippen LogP contribution in [-0.2, 0) is 10.0 Å². The first-order chi connectivity index (χ1) is 14.4. The van der Waals surface area contributed by atoms with Crippen molar-refractivity contribution in [1.29, 1.82) is 0 Å². The van der Waals surface area contributed by atoms with E-state index in [-0.39, 0.29) is 16.7 Å². The van der Waals surface area contributed by atoms with Crippen LogP contribution in [0, 0.1) is 6.92 Å². The van der Waals surface area contributed by atoms with E-state index < -0.39 is 10.0 Å². The third-order valence-electron chi connectivity index (χ3n) is 5.91. The largest absolute Gasteiger partial charge is 0.497 e. The highest BCUT2D eigenvalue weighted by Gasteiger charge is 2.33. The second kappa shape index (κ2) is 8.39. The van der Waals surface area contributed by atoms with Gasteiger partial charge in [-0.1, -0.05) is 0 Å². The molecule has 1 amide bonds. The molecule has 0 unspecified atom stereocenters. The number of hydrogen-bond donors (Lipinski definition) is 0. The van der Waals surface area contributed by atoms with Crippen LogP contribution >= 0.6 is 0 Å². The molecule has 2 aliphatic heterocycles. The van der Waals surface area contributed by atoms with Crippen molar-refractivity contribution in [1.82, 2.24) is 14.2 Å². The van der Waals surface area contributed by atoms with Crippen LogP contribution in [0.3, 0.4) is 0 Å². The molecule has 1 aromatic carbocycles. The summed E-state index contributed by atoms with van der Waals surface area (Å²) < 4.78 is 38.3. The van der Waals surface area contributed by atoms with Crippen LogP contribution in [-0.4, -0.2) is 61.8 Å². The van der Waals surface area contributed by atoms with Crippen LogP contribution in [0.4, 0.5) is 0 Å². The molecule has 4 rings (SSSR count). The minimum atomic E-state index is -3.55. The van der Waals surface area contributed by atoms with E-state index >= 15 is 0 Å². The van der Waals surface area contributed by atoms with Gasteiger partial charge in [-0.25, -0.2) is 13.4 Å². The van der Waals surface area contributed by atoms with E-state index in [1.807, 2.05) is 4.90 Å². The highest BCUT2D eigenvalue weighted by Crippen LogP contribution is 2.32. The number of piperidine rings is 1. The molecule has 9 heteroatoms. The summed E-state index contributed by atoms with van der Waals surface area (Å²) in [4.78, 5) is 19.2. The van der Waals surface area contributed by atoms with E-state index in [0.29, 0.717) is 49.0 Å². The van der Waals surface area contributed by atoms with Crippen molar-refractivity contribution in [2.75, 3.05) is 33.3 Å². The number of amides is 1. The minimum Gasteiger partial charge on any atom is -0.497 e. The van der Waals surface area contributed by atoms with Gasteiger partial charge in [-0.15, -0.1) is 0 Å². The predicted octanol–water partition coefficient (Wildman–Crippen LogP) is 2.80. The zero-order chi connectivity index (χ0) is 21.3. The normalized spacial score (nSPS) is 18.7. The van der Waals surface area contributed by atoms with E-state index in [0.717, 1.165) is 25.9 Å². The number of aryl methyl sites for hydroxylation is 1. The predicted molar refractivity (Wildman–Crippen MR) is 110 cm³/mol. The number of oxazole rings is 1. The molecular formula is C21H27N3O5S. The Morgan fingerprint density at radius 3 is 2.33 bits per heavy atom. The lowest BCUT2D eigenvalue weighted by Gasteiger charge is -2.29. The van der Waals surface area contributed by atoms with E-state index in [2.05, 4.69) is 4.98 Å². The maximum Gasteiger partial charge on any atom is 0.276 e. The summed E-state index contributed by atoms with van der Waals surface area (Å²) in [7, 11) is -2.01. The SMILES string of the molecule is COc1ccc(S(=O)(=O)N2CCC(c3nc(C(=O)N4CCCC4)c(C)o3)CC2)cc1. The average molecular weight is 434 g/mol. The molecule has 2 aromatic rings. The van der Waals surface area contributed by atoms with Crippen LogP contribution in [0.5, 0.6) is 5.75 Å². The van der Waals surface area contributed by atoms with Crippen LogP contribution in [0.25, 0.3) is 0 Å². The number of rotatable bonds is 5. The molecule has 0 bridgehead atoms. The summed E-state index contributed by atoms with van der Waals surface area (Å²) in [6.07, 6.45) is 3.26. The molecule has 2 saturated heterocycles. The number of carbonyl (C=O) groups excluding carboxylic acids is 1. The topological polar surface area (TPSA) is 93.0 Å². The Morgan fingerprint density at radius 2 is 1.73 bits per heavy atom. The van der Waals surface area contributed by atoms with E-state index in [1.54, 1.807) is 38.3 Å². The van der Waals surface area contributed by atoms with Gasteiger partial charge in [0.1, 0.15) is 11.5 Å². The second-order valence-electron chi connectivity index (χ2n) is 7.81. The number of hydrogen-bond acceptors (Lipinski definition) is 6. The molecule has 1 aromatic heterocycles. The highest BCUT2D eigenvalue weighted by molar-refractivity contribution is 7.89. The monoisotopic (exact) mass is 433 g/mol. The van der Waals surface area contributed by atoms with Gasteiger partial charge in [0.25, 0.3) is 5.91 Å². The van der Waals surface area contributed by atoms with E-state index in [1.165, 1.54) is 4.31 Å². The highest BCUT2D eigenvalue weighted by atomic mass is 32.2. The molecule has 162 valence electrons. The summed E-state index contributed by atoms with van der Waals surface area (Å²) in [6, 6.07) is 6.42. The van der Waals surface area contributed by atoms with Crippen molar-refractivity contribution >= 4 is 15.9 Å². The van der Waals surface area contributed by atoms with Gasteiger partial charge in [-0.05, 0) is 56.9 Å². The number of carbonyl (C=O) groups is 1. The zero-order valence-corrected chi connectivity index (χ0v) is 18.2. The molecule has 3 heterocycles. The molecule has 0 N–H and O–H groups in total. The molecular weight excluding hydrogens is 406 g/mol. The van der Waals surface area contributed by atoms with E-state index in [4.69, 9.17) is 9.15 Å². The molecule has 0 atom stereocenters. The quantitative estimate of drug-likeness (QED) is 0.720. The zero-order valence-electron chi connectivity index (χ0n) is 17.3. The summed E-state index contributed by atoms with van der Waals surface area (Å²) in [6.45, 7) is 4.07. The second-order valence-corrected chi connectivity index (χ2v) is 9.75. The number of ether oxygens (including phenoxy) is 1. The molecule has 0 radical (unpaired) electrons. The third kappa shape index (κ3) is 3.96. The Labute approximate surface area is 176 Å². The minimum absolute atomic E-state index is 0.00569. The fourth-order valence-corrected chi connectivity index (χ4v) is 5.57. The van der Waals surface area contributed by atoms with Crippen LogP contribution < -0.4 is 4.74 Å². The van der Waals surface area contributed by atoms with Gasteiger partial charge in [0.05, 0.1) is 12.0 Å². The Balaban J connectivity index is 1.43. The maximum atomic E-state index is 12.9. The van der Waals surface area contributed by atoms with Crippen LogP contribution in [0.2, 0.25) is 0 Å². The number of sulfonamides is 1. The van der Waals surface area contributed by atoms with Crippen LogP contribution in [0.1, 0.15) is 53.7 Å². The molecule has 2 fully saturated rings. The molecule has 8 nitrogen and oxygen atoms in total. The lowest BCUT2D eigenvalue weighted by molar-refractivity contribution is 0.0786. The molecule has 2 aliphatic rings. The third-order valence-corrected chi connectivity index (χ3v) is 7.82. The fraction of sp³-hybridized carbons (Fsp3) is 0.524. The van der Waals surface area contributed by atoms with Crippen LogP contribution in [0.15, 0.2) is 33.6 Å². The van der Waals surface area contributed by atoms with Crippen molar-refractivity contribution in [3.05, 3.63) is 41.6 Å². The summed E-state index contributed by atoms with van der Waals surface area (Å²) in [5.74, 6) is 1.63. The molecule has 0 aliphatic carbocycles. The van der Waals surface area contributed by atoms with Gasteiger partial charge in [-0.2, -0.15) is 4.31 Å². The summed E-state index contributed by atoms with van der Waals surface area (Å²) >= 11 is 0. The standard InChI is InChI=1S/C21H27N3O5S/c1-15-19(21(25)23-11-3-4-12-23)22-20(29-15)16-9-13-24(14-10-16)30(26,27)18-7-5-17(28-2)6-8-18/h5-8,16H,3-4,9-14H2,1-2H3. The van der Waals surface area contributed by atoms with Gasteiger partial charge in [0.15, 0.2) is 11.6 Å². The van der Waals surface area contributed by atoms with E-state index in [9.17, 15) is 13.2 Å². The maximum absolute atomic E-state index is 12.9. The number of benzene rings is 1. The van der Waals surface area contributed by atoms with Crippen molar-refractivity contribution in [3.63, 3.8) is 0 Å². The van der Waals surface area contributed by atoms with Gasteiger partial charge in [0.2, 0.25) is 10.0 Å². The van der Waals surface area contributed by atoms with Crippen molar-refractivity contribution in [2.45, 2.75) is 43.4 Å². The first-order valence-corrected chi connectivity index (χ1v) is 11.7. The van der Waals surface area contributed by atoms with Gasteiger partial charge in [-0.3, -0.25) is 4.79 Å². The number of aromatic nitrogens is 1. The Bertz CT molecular complexity index is 1000.